The third kappa shape index (κ3) is 2.60. The van der Waals surface area contributed by atoms with E-state index in [0.29, 0.717) is 6.04 Å². The summed E-state index contributed by atoms with van der Waals surface area (Å²) in [6.45, 7) is 0.896. The van der Waals surface area contributed by atoms with Gasteiger partial charge < -0.3 is 5.32 Å². The molecule has 4 heteroatoms. The van der Waals surface area contributed by atoms with Gasteiger partial charge in [0.1, 0.15) is 0 Å². The molecule has 0 saturated carbocycles. The minimum Gasteiger partial charge on any atom is -0.306 e. The zero-order valence-electron chi connectivity index (χ0n) is 7.44. The predicted octanol–water partition coefficient (Wildman–Crippen LogP) is 1.74. The molecule has 0 amide bonds. The number of rotatable bonds is 3. The number of allylic oxidation sites excluding steroid dienone is 1. The first-order valence-corrected chi connectivity index (χ1v) is 5.39. The van der Waals surface area contributed by atoms with Gasteiger partial charge >= 0.3 is 0 Å². The van der Waals surface area contributed by atoms with Gasteiger partial charge in [-0.25, -0.2) is 0 Å². The Bertz CT molecular complexity index is 268. The van der Waals surface area contributed by atoms with Crippen molar-refractivity contribution in [1.82, 2.24) is 14.9 Å². The molecule has 3 nitrogen and oxygen atoms in total. The van der Waals surface area contributed by atoms with Gasteiger partial charge in [-0.3, -0.25) is 0 Å². The van der Waals surface area contributed by atoms with E-state index in [1.165, 1.54) is 35.7 Å². The standard InChI is InChI=1S/C9H13N3S/c1-2-4-8(5-3-1)10-6-9-7-11-12-13-9/h2,4,7-8,10H,1,3,5-6H2. The van der Waals surface area contributed by atoms with Gasteiger partial charge in [0, 0.05) is 12.6 Å². The van der Waals surface area contributed by atoms with Crippen LogP contribution in [-0.4, -0.2) is 15.6 Å². The Balaban J connectivity index is 1.79. The zero-order valence-corrected chi connectivity index (χ0v) is 8.26. The smallest absolute Gasteiger partial charge is 0.0666 e. The number of nitrogens with zero attached hydrogens (tertiary/aromatic N) is 2. The lowest BCUT2D eigenvalue weighted by atomic mass is 10.0. The van der Waals surface area contributed by atoms with Crippen LogP contribution in [0.3, 0.4) is 0 Å². The molecular formula is C9H13N3S. The fourth-order valence-electron chi connectivity index (χ4n) is 1.48. The van der Waals surface area contributed by atoms with Crippen LogP contribution in [0.5, 0.6) is 0 Å². The van der Waals surface area contributed by atoms with Crippen molar-refractivity contribution in [2.45, 2.75) is 31.8 Å². The third-order valence-electron chi connectivity index (χ3n) is 2.20. The van der Waals surface area contributed by atoms with Crippen molar-refractivity contribution in [1.29, 1.82) is 0 Å². The van der Waals surface area contributed by atoms with Crippen LogP contribution in [0.15, 0.2) is 18.3 Å². The summed E-state index contributed by atoms with van der Waals surface area (Å²) in [5, 5.41) is 7.26. The van der Waals surface area contributed by atoms with E-state index in [1.54, 1.807) is 0 Å². The van der Waals surface area contributed by atoms with E-state index in [-0.39, 0.29) is 0 Å². The van der Waals surface area contributed by atoms with Crippen molar-refractivity contribution in [3.05, 3.63) is 23.2 Å². The minimum absolute atomic E-state index is 0.552. The molecule has 1 aromatic heterocycles. The molecule has 2 rings (SSSR count). The van der Waals surface area contributed by atoms with Gasteiger partial charge in [0.25, 0.3) is 0 Å². The van der Waals surface area contributed by atoms with Crippen LogP contribution >= 0.6 is 11.5 Å². The molecule has 0 aliphatic heterocycles. The van der Waals surface area contributed by atoms with E-state index in [0.717, 1.165) is 6.54 Å². The molecule has 1 heterocycles. The lowest BCUT2D eigenvalue weighted by molar-refractivity contribution is 0.524. The molecule has 1 aliphatic carbocycles. The molecule has 13 heavy (non-hydrogen) atoms. The number of hydrogen-bond donors (Lipinski definition) is 1. The second-order valence-electron chi connectivity index (χ2n) is 3.23. The second-order valence-corrected chi connectivity index (χ2v) is 4.10. The maximum absolute atomic E-state index is 3.82. The lowest BCUT2D eigenvalue weighted by Gasteiger charge is -2.16. The molecule has 0 saturated heterocycles. The maximum Gasteiger partial charge on any atom is 0.0666 e. The van der Waals surface area contributed by atoms with Crippen molar-refractivity contribution in [2.75, 3.05) is 0 Å². The number of hydrogen-bond acceptors (Lipinski definition) is 4. The average molecular weight is 195 g/mol. The van der Waals surface area contributed by atoms with Crippen molar-refractivity contribution < 1.29 is 0 Å². The predicted molar refractivity (Wildman–Crippen MR) is 53.5 cm³/mol. The van der Waals surface area contributed by atoms with Crippen molar-refractivity contribution in [3.8, 4) is 0 Å². The van der Waals surface area contributed by atoms with E-state index >= 15 is 0 Å². The van der Waals surface area contributed by atoms with E-state index in [9.17, 15) is 0 Å². The van der Waals surface area contributed by atoms with E-state index in [2.05, 4.69) is 27.1 Å². The maximum atomic E-state index is 3.82. The summed E-state index contributed by atoms with van der Waals surface area (Å²) in [5.41, 5.74) is 0. The molecule has 1 aromatic rings. The monoisotopic (exact) mass is 195 g/mol. The summed E-state index contributed by atoms with van der Waals surface area (Å²) in [5.74, 6) is 0. The quantitative estimate of drug-likeness (QED) is 0.746. The Morgan fingerprint density at radius 1 is 1.62 bits per heavy atom. The Kier molecular flexibility index (Phi) is 3.05. The van der Waals surface area contributed by atoms with E-state index in [4.69, 9.17) is 0 Å². The van der Waals surface area contributed by atoms with Crippen LogP contribution in [-0.2, 0) is 6.54 Å². The fraction of sp³-hybridized carbons (Fsp3) is 0.556. The summed E-state index contributed by atoms with van der Waals surface area (Å²) in [7, 11) is 0. The van der Waals surface area contributed by atoms with Gasteiger partial charge in [-0.05, 0) is 30.8 Å². The number of aromatic nitrogens is 2. The molecule has 1 unspecified atom stereocenters. The van der Waals surface area contributed by atoms with Crippen molar-refractivity contribution in [3.63, 3.8) is 0 Å². The third-order valence-corrected chi connectivity index (χ3v) is 2.86. The Morgan fingerprint density at radius 3 is 3.31 bits per heavy atom. The highest BCUT2D eigenvalue weighted by Gasteiger charge is 2.07. The molecule has 0 bridgehead atoms. The SMILES string of the molecule is C1=CC(NCc2cnns2)CCC1. The molecule has 1 atom stereocenters. The van der Waals surface area contributed by atoms with E-state index < -0.39 is 0 Å². The highest BCUT2D eigenvalue weighted by molar-refractivity contribution is 7.05. The first-order valence-electron chi connectivity index (χ1n) is 4.61. The molecule has 0 fully saturated rings. The van der Waals surface area contributed by atoms with E-state index in [1.807, 2.05) is 6.20 Å². The van der Waals surface area contributed by atoms with Crippen LogP contribution < -0.4 is 5.32 Å². The topological polar surface area (TPSA) is 37.8 Å². The van der Waals surface area contributed by atoms with Gasteiger partial charge in [-0.1, -0.05) is 16.6 Å². The molecule has 1 aliphatic rings. The highest BCUT2D eigenvalue weighted by Crippen LogP contribution is 2.11. The van der Waals surface area contributed by atoms with Crippen LogP contribution in [0.4, 0.5) is 0 Å². The Morgan fingerprint density at radius 2 is 2.62 bits per heavy atom. The number of nitrogens with one attached hydrogen (secondary N) is 1. The summed E-state index contributed by atoms with van der Waals surface area (Å²) in [6, 6.07) is 0.552. The van der Waals surface area contributed by atoms with Gasteiger partial charge in [0.05, 0.1) is 11.1 Å². The van der Waals surface area contributed by atoms with Gasteiger partial charge in [-0.2, -0.15) is 0 Å². The summed E-state index contributed by atoms with van der Waals surface area (Å²) >= 11 is 1.46. The molecule has 1 N–H and O–H groups in total. The summed E-state index contributed by atoms with van der Waals surface area (Å²) in [6.07, 6.45) is 10.1. The van der Waals surface area contributed by atoms with Crippen molar-refractivity contribution in [2.24, 2.45) is 0 Å². The van der Waals surface area contributed by atoms with Crippen LogP contribution in [0.2, 0.25) is 0 Å². The zero-order chi connectivity index (χ0) is 8.93. The average Bonchev–Trinajstić information content (AvgIpc) is 2.69. The second kappa shape index (κ2) is 4.48. The summed E-state index contributed by atoms with van der Waals surface area (Å²) in [4.78, 5) is 1.21. The first kappa shape index (κ1) is 8.84. The largest absolute Gasteiger partial charge is 0.306 e. The Labute approximate surface area is 82.0 Å². The van der Waals surface area contributed by atoms with Crippen LogP contribution in [0, 0.1) is 0 Å². The van der Waals surface area contributed by atoms with Gasteiger partial charge in [0.15, 0.2) is 0 Å². The minimum atomic E-state index is 0.552. The Hall–Kier alpha value is -0.740. The van der Waals surface area contributed by atoms with Crippen LogP contribution in [0.1, 0.15) is 24.1 Å². The normalized spacial score (nSPS) is 22.0. The van der Waals surface area contributed by atoms with Gasteiger partial charge in [-0.15, -0.1) is 5.10 Å². The molecule has 70 valence electrons. The van der Waals surface area contributed by atoms with Crippen molar-refractivity contribution >= 4 is 11.5 Å². The van der Waals surface area contributed by atoms with Gasteiger partial charge in [0.2, 0.25) is 0 Å². The summed E-state index contributed by atoms with van der Waals surface area (Å²) < 4.78 is 3.82. The molecule has 0 radical (unpaired) electrons. The molecular weight excluding hydrogens is 182 g/mol. The highest BCUT2D eigenvalue weighted by atomic mass is 32.1. The lowest BCUT2D eigenvalue weighted by Crippen LogP contribution is -2.27. The van der Waals surface area contributed by atoms with Crippen LogP contribution in [0.25, 0.3) is 0 Å². The fourth-order valence-corrected chi connectivity index (χ4v) is 1.92. The first-order chi connectivity index (χ1) is 6.45. The molecule has 0 spiro atoms. The molecule has 0 aromatic carbocycles.